The van der Waals surface area contributed by atoms with Crippen LogP contribution in [0.4, 0.5) is 17.6 Å². The van der Waals surface area contributed by atoms with Crippen molar-refractivity contribution in [1.29, 1.82) is 0 Å². The van der Waals surface area contributed by atoms with Gasteiger partial charge in [0.05, 0.1) is 0 Å². The van der Waals surface area contributed by atoms with Gasteiger partial charge in [0.2, 0.25) is 0 Å². The standard InChI is InChI=1S/C16H13F4N3O3/c17-10-5-8(1-4-12(10)26-16(18,19)20)7-21-15(25)11-6-13(24)23-14(22-11)9-2-3-9/h1,4-6,9H,2-3,7H2,(H,21,25)(H,22,23,24). The van der Waals surface area contributed by atoms with Crippen molar-refractivity contribution in [3.63, 3.8) is 0 Å². The molecular formula is C16H13F4N3O3. The highest BCUT2D eigenvalue weighted by Gasteiger charge is 2.32. The Balaban J connectivity index is 1.66. The second-order valence-electron chi connectivity index (χ2n) is 5.79. The monoisotopic (exact) mass is 371 g/mol. The van der Waals surface area contributed by atoms with Crippen molar-refractivity contribution in [3.05, 3.63) is 57.5 Å². The molecule has 2 N–H and O–H groups in total. The van der Waals surface area contributed by atoms with E-state index in [1.165, 1.54) is 6.07 Å². The fourth-order valence-corrected chi connectivity index (χ4v) is 2.28. The van der Waals surface area contributed by atoms with Gasteiger partial charge in [0.1, 0.15) is 11.5 Å². The SMILES string of the molecule is O=C(NCc1ccc(OC(F)(F)F)c(F)c1)c1cc(=O)[nH]c(C2CC2)n1. The molecule has 6 nitrogen and oxygen atoms in total. The molecule has 3 rings (SSSR count). The van der Waals surface area contributed by atoms with Crippen LogP contribution >= 0.6 is 0 Å². The molecule has 1 aromatic heterocycles. The van der Waals surface area contributed by atoms with E-state index in [1.54, 1.807) is 0 Å². The molecule has 0 unspecified atom stereocenters. The summed E-state index contributed by atoms with van der Waals surface area (Å²) < 4.78 is 53.5. The maximum Gasteiger partial charge on any atom is 0.573 e. The van der Waals surface area contributed by atoms with Gasteiger partial charge in [-0.05, 0) is 30.5 Å². The van der Waals surface area contributed by atoms with Crippen LogP contribution in [0.25, 0.3) is 0 Å². The Morgan fingerprint density at radius 1 is 1.31 bits per heavy atom. The number of aromatic amines is 1. The van der Waals surface area contributed by atoms with Gasteiger partial charge in [-0.25, -0.2) is 9.37 Å². The molecule has 0 spiro atoms. The number of carbonyl (C=O) groups excluding carboxylic acids is 1. The van der Waals surface area contributed by atoms with Gasteiger partial charge < -0.3 is 15.0 Å². The molecule has 0 saturated heterocycles. The molecule has 1 saturated carbocycles. The van der Waals surface area contributed by atoms with Crippen LogP contribution in [0.3, 0.4) is 0 Å². The van der Waals surface area contributed by atoms with Gasteiger partial charge in [-0.2, -0.15) is 0 Å². The van der Waals surface area contributed by atoms with Crippen molar-refractivity contribution in [2.75, 3.05) is 0 Å². The Morgan fingerprint density at radius 3 is 2.65 bits per heavy atom. The summed E-state index contributed by atoms with van der Waals surface area (Å²) in [6.07, 6.45) is -3.22. The maximum atomic E-state index is 13.6. The van der Waals surface area contributed by atoms with Crippen LogP contribution in [0, 0.1) is 5.82 Å². The number of nitrogens with zero attached hydrogens (tertiary/aromatic N) is 1. The number of carbonyl (C=O) groups is 1. The lowest BCUT2D eigenvalue weighted by Crippen LogP contribution is -2.26. The van der Waals surface area contributed by atoms with Gasteiger partial charge in [-0.15, -0.1) is 13.2 Å². The molecule has 1 heterocycles. The molecule has 1 amide bonds. The normalized spacial score (nSPS) is 14.2. The van der Waals surface area contributed by atoms with E-state index < -0.39 is 29.4 Å². The number of halogens is 4. The molecule has 10 heteroatoms. The summed E-state index contributed by atoms with van der Waals surface area (Å²) in [5.74, 6) is -2.22. The van der Waals surface area contributed by atoms with E-state index in [2.05, 4.69) is 20.0 Å². The third kappa shape index (κ3) is 4.58. The number of alkyl halides is 3. The summed E-state index contributed by atoms with van der Waals surface area (Å²) in [6.45, 7) is -0.157. The lowest BCUT2D eigenvalue weighted by molar-refractivity contribution is -0.275. The number of aromatic nitrogens is 2. The van der Waals surface area contributed by atoms with E-state index in [4.69, 9.17) is 0 Å². The smallest absolute Gasteiger partial charge is 0.403 e. The zero-order valence-corrected chi connectivity index (χ0v) is 13.2. The van der Waals surface area contributed by atoms with E-state index in [0.717, 1.165) is 31.0 Å². The first kappa shape index (κ1) is 17.9. The molecule has 1 aromatic carbocycles. The zero-order chi connectivity index (χ0) is 18.9. The minimum Gasteiger partial charge on any atom is -0.403 e. The summed E-state index contributed by atoms with van der Waals surface area (Å²) in [4.78, 5) is 30.4. The molecule has 138 valence electrons. The van der Waals surface area contributed by atoms with E-state index in [9.17, 15) is 27.2 Å². The van der Waals surface area contributed by atoms with Gasteiger partial charge in [-0.1, -0.05) is 6.07 Å². The van der Waals surface area contributed by atoms with Gasteiger partial charge in [-0.3, -0.25) is 9.59 Å². The molecule has 0 aliphatic heterocycles. The number of hydrogen-bond donors (Lipinski definition) is 2. The zero-order valence-electron chi connectivity index (χ0n) is 13.2. The number of benzene rings is 1. The Kier molecular flexibility index (Phi) is 4.66. The lowest BCUT2D eigenvalue weighted by atomic mass is 10.2. The van der Waals surface area contributed by atoms with Crippen molar-refractivity contribution in [2.45, 2.75) is 31.7 Å². The summed E-state index contributed by atoms with van der Waals surface area (Å²) >= 11 is 0. The van der Waals surface area contributed by atoms with Crippen LogP contribution in [0.1, 0.15) is 40.6 Å². The fourth-order valence-electron chi connectivity index (χ4n) is 2.28. The number of nitrogens with one attached hydrogen (secondary N) is 2. The first-order chi connectivity index (χ1) is 12.2. The van der Waals surface area contributed by atoms with Gasteiger partial charge in [0, 0.05) is 18.5 Å². The minimum atomic E-state index is -5.00. The Morgan fingerprint density at radius 2 is 2.04 bits per heavy atom. The highest BCUT2D eigenvalue weighted by atomic mass is 19.4. The quantitative estimate of drug-likeness (QED) is 0.792. The van der Waals surface area contributed by atoms with Crippen molar-refractivity contribution in [2.24, 2.45) is 0 Å². The highest BCUT2D eigenvalue weighted by Crippen LogP contribution is 2.37. The second-order valence-corrected chi connectivity index (χ2v) is 5.79. The maximum absolute atomic E-state index is 13.6. The van der Waals surface area contributed by atoms with Crippen LogP contribution in [-0.2, 0) is 6.54 Å². The predicted octanol–water partition coefficient (Wildman–Crippen LogP) is 2.62. The fraction of sp³-hybridized carbons (Fsp3) is 0.312. The Hall–Kier alpha value is -2.91. The third-order valence-corrected chi connectivity index (χ3v) is 3.63. The lowest BCUT2D eigenvalue weighted by Gasteiger charge is -2.11. The summed E-state index contributed by atoms with van der Waals surface area (Å²) in [6, 6.07) is 3.87. The molecule has 1 fully saturated rings. The molecule has 0 radical (unpaired) electrons. The molecule has 2 aromatic rings. The van der Waals surface area contributed by atoms with Crippen LogP contribution in [0.2, 0.25) is 0 Å². The molecule has 1 aliphatic carbocycles. The van der Waals surface area contributed by atoms with Crippen molar-refractivity contribution in [1.82, 2.24) is 15.3 Å². The first-order valence-corrected chi connectivity index (χ1v) is 7.65. The molecule has 1 aliphatic rings. The van der Waals surface area contributed by atoms with E-state index >= 15 is 0 Å². The van der Waals surface area contributed by atoms with Crippen LogP contribution in [0.15, 0.2) is 29.1 Å². The number of H-pyrrole nitrogens is 1. The summed E-state index contributed by atoms with van der Waals surface area (Å²) in [7, 11) is 0. The largest absolute Gasteiger partial charge is 0.573 e. The first-order valence-electron chi connectivity index (χ1n) is 7.65. The van der Waals surface area contributed by atoms with Gasteiger partial charge in [0.15, 0.2) is 11.6 Å². The summed E-state index contributed by atoms with van der Waals surface area (Å²) in [5.41, 5.74) is -0.308. The van der Waals surface area contributed by atoms with Crippen molar-refractivity contribution >= 4 is 5.91 Å². The van der Waals surface area contributed by atoms with Gasteiger partial charge in [0.25, 0.3) is 11.5 Å². The third-order valence-electron chi connectivity index (χ3n) is 3.63. The summed E-state index contributed by atoms with van der Waals surface area (Å²) in [5, 5.41) is 2.44. The molecule has 26 heavy (non-hydrogen) atoms. The second kappa shape index (κ2) is 6.77. The van der Waals surface area contributed by atoms with Crippen LogP contribution < -0.4 is 15.6 Å². The van der Waals surface area contributed by atoms with E-state index in [-0.39, 0.29) is 23.7 Å². The molecule has 0 atom stereocenters. The topological polar surface area (TPSA) is 84.1 Å². The number of amides is 1. The highest BCUT2D eigenvalue weighted by molar-refractivity contribution is 5.92. The van der Waals surface area contributed by atoms with Gasteiger partial charge >= 0.3 is 6.36 Å². The van der Waals surface area contributed by atoms with E-state index in [1.807, 2.05) is 0 Å². The Labute approximate surface area is 144 Å². The van der Waals surface area contributed by atoms with E-state index in [0.29, 0.717) is 5.82 Å². The van der Waals surface area contributed by atoms with Crippen molar-refractivity contribution < 1.29 is 27.1 Å². The number of rotatable bonds is 5. The molecule has 0 bridgehead atoms. The van der Waals surface area contributed by atoms with Crippen LogP contribution in [0.5, 0.6) is 5.75 Å². The average molecular weight is 371 g/mol. The van der Waals surface area contributed by atoms with Crippen LogP contribution in [-0.4, -0.2) is 22.2 Å². The average Bonchev–Trinajstić information content (AvgIpc) is 3.38. The predicted molar refractivity (Wildman–Crippen MR) is 81.1 cm³/mol. The van der Waals surface area contributed by atoms with Crippen molar-refractivity contribution in [3.8, 4) is 5.75 Å². The number of ether oxygens (including phenoxy) is 1. The molecular weight excluding hydrogens is 358 g/mol. The minimum absolute atomic E-state index is 0.0758. The number of hydrogen-bond acceptors (Lipinski definition) is 4. The Bertz CT molecular complexity index is 891.